The quantitative estimate of drug-likeness (QED) is 0.672. The lowest BCUT2D eigenvalue weighted by atomic mass is 9.48. The van der Waals surface area contributed by atoms with Crippen LogP contribution in [0.4, 0.5) is 0 Å². The Labute approximate surface area is 165 Å². The molecule has 4 aliphatic carbocycles. The Hall–Kier alpha value is -2.55. The van der Waals surface area contributed by atoms with Gasteiger partial charge in [-0.2, -0.15) is 0 Å². The number of phenols is 1. The molecule has 2 aromatic carbocycles. The molecular formula is C25H26O3. The van der Waals surface area contributed by atoms with Gasteiger partial charge < -0.3 is 10.2 Å². The van der Waals surface area contributed by atoms with Crippen LogP contribution >= 0.6 is 0 Å². The third kappa shape index (κ3) is 3.03. The number of benzene rings is 2. The summed E-state index contributed by atoms with van der Waals surface area (Å²) in [5.74, 6) is 2.10. The standard InChI is InChI=1S/C25H26O3/c26-23-12-17(2-1-16-3-6-21(7-4-16)24(27)28)5-8-22(23)25-13-18-9-19(14-25)11-20(10-18)15-25/h1-8,12,18-20,26H,9-11,13-15H2,(H,27,28). The molecule has 0 heterocycles. The van der Waals surface area contributed by atoms with Crippen LogP contribution in [-0.4, -0.2) is 16.2 Å². The molecule has 3 heteroatoms. The monoisotopic (exact) mass is 374 g/mol. The number of hydrogen-bond donors (Lipinski definition) is 2. The van der Waals surface area contributed by atoms with E-state index in [0.717, 1.165) is 34.4 Å². The van der Waals surface area contributed by atoms with E-state index in [0.29, 0.717) is 5.75 Å². The van der Waals surface area contributed by atoms with E-state index >= 15 is 0 Å². The average Bonchev–Trinajstić information content (AvgIpc) is 2.65. The number of aromatic hydroxyl groups is 1. The lowest BCUT2D eigenvalue weighted by Crippen LogP contribution is -2.48. The minimum atomic E-state index is -0.916. The van der Waals surface area contributed by atoms with Gasteiger partial charge in [-0.25, -0.2) is 4.79 Å². The zero-order valence-corrected chi connectivity index (χ0v) is 16.0. The highest BCUT2D eigenvalue weighted by Gasteiger charge is 2.52. The second-order valence-corrected chi connectivity index (χ2v) is 9.23. The van der Waals surface area contributed by atoms with Gasteiger partial charge in [0.25, 0.3) is 0 Å². The molecule has 2 N–H and O–H groups in total. The van der Waals surface area contributed by atoms with Crippen molar-refractivity contribution in [3.8, 4) is 5.75 Å². The molecule has 0 amide bonds. The van der Waals surface area contributed by atoms with Crippen molar-refractivity contribution >= 4 is 18.1 Å². The fourth-order valence-corrected chi connectivity index (χ4v) is 6.47. The first-order valence-corrected chi connectivity index (χ1v) is 10.4. The van der Waals surface area contributed by atoms with Crippen molar-refractivity contribution in [2.24, 2.45) is 17.8 Å². The summed E-state index contributed by atoms with van der Waals surface area (Å²) in [5, 5.41) is 19.8. The van der Waals surface area contributed by atoms with Gasteiger partial charge in [0.2, 0.25) is 0 Å². The van der Waals surface area contributed by atoms with Crippen molar-refractivity contribution in [2.45, 2.75) is 43.9 Å². The van der Waals surface area contributed by atoms with Crippen LogP contribution in [0.2, 0.25) is 0 Å². The van der Waals surface area contributed by atoms with Gasteiger partial charge in [-0.05, 0) is 91.0 Å². The van der Waals surface area contributed by atoms with E-state index < -0.39 is 5.97 Å². The summed E-state index contributed by atoms with van der Waals surface area (Å²) in [7, 11) is 0. The molecule has 4 aliphatic rings. The number of hydrogen-bond acceptors (Lipinski definition) is 2. The van der Waals surface area contributed by atoms with Gasteiger partial charge in [-0.15, -0.1) is 0 Å². The number of rotatable bonds is 4. The molecule has 4 saturated carbocycles. The van der Waals surface area contributed by atoms with E-state index in [1.807, 2.05) is 18.2 Å². The smallest absolute Gasteiger partial charge is 0.335 e. The highest BCUT2D eigenvalue weighted by molar-refractivity contribution is 5.88. The molecule has 4 fully saturated rings. The summed E-state index contributed by atoms with van der Waals surface area (Å²) in [6.45, 7) is 0. The number of carbonyl (C=O) groups is 1. The Bertz CT molecular complexity index is 903. The molecular weight excluding hydrogens is 348 g/mol. The molecule has 144 valence electrons. The van der Waals surface area contributed by atoms with Crippen LogP contribution < -0.4 is 0 Å². The van der Waals surface area contributed by atoms with Crippen LogP contribution in [0.3, 0.4) is 0 Å². The lowest BCUT2D eigenvalue weighted by molar-refractivity contribution is -0.00613. The second kappa shape index (κ2) is 6.51. The van der Waals surface area contributed by atoms with Crippen molar-refractivity contribution in [1.82, 2.24) is 0 Å². The SMILES string of the molecule is O=C(O)c1ccc(C=Cc2ccc(C34CC5CC(CC(C5)C3)C4)c(O)c2)cc1. The Morgan fingerprint density at radius 3 is 1.93 bits per heavy atom. The zero-order chi connectivity index (χ0) is 19.3. The number of phenolic OH excluding ortho intramolecular Hbond substituents is 1. The van der Waals surface area contributed by atoms with Crippen molar-refractivity contribution in [3.05, 3.63) is 64.7 Å². The third-order valence-corrected chi connectivity index (χ3v) is 7.26. The summed E-state index contributed by atoms with van der Waals surface area (Å²) in [6.07, 6.45) is 11.9. The maximum atomic E-state index is 10.9. The Balaban J connectivity index is 1.37. The highest BCUT2D eigenvalue weighted by Crippen LogP contribution is 2.61. The Kier molecular flexibility index (Phi) is 4.08. The van der Waals surface area contributed by atoms with E-state index in [9.17, 15) is 9.90 Å². The normalized spacial score (nSPS) is 30.8. The van der Waals surface area contributed by atoms with Crippen molar-refractivity contribution in [3.63, 3.8) is 0 Å². The van der Waals surface area contributed by atoms with Gasteiger partial charge in [0.1, 0.15) is 5.75 Å². The Morgan fingerprint density at radius 1 is 0.857 bits per heavy atom. The summed E-state index contributed by atoms with van der Waals surface area (Å²) in [6, 6.07) is 12.9. The molecule has 6 rings (SSSR count). The molecule has 0 unspecified atom stereocenters. The average molecular weight is 374 g/mol. The first-order valence-electron chi connectivity index (χ1n) is 10.4. The van der Waals surface area contributed by atoms with Crippen molar-refractivity contribution < 1.29 is 15.0 Å². The maximum Gasteiger partial charge on any atom is 0.335 e. The minimum absolute atomic E-state index is 0.202. The van der Waals surface area contributed by atoms with Crippen molar-refractivity contribution in [1.29, 1.82) is 0 Å². The van der Waals surface area contributed by atoms with Gasteiger partial charge in [0, 0.05) is 5.56 Å². The van der Waals surface area contributed by atoms with Crippen LogP contribution in [-0.2, 0) is 5.41 Å². The van der Waals surface area contributed by atoms with Gasteiger partial charge >= 0.3 is 5.97 Å². The zero-order valence-electron chi connectivity index (χ0n) is 16.0. The molecule has 4 bridgehead atoms. The Morgan fingerprint density at radius 2 is 1.39 bits per heavy atom. The molecule has 0 aromatic heterocycles. The van der Waals surface area contributed by atoms with Gasteiger partial charge in [-0.3, -0.25) is 0 Å². The van der Waals surface area contributed by atoms with E-state index in [1.165, 1.54) is 38.5 Å². The van der Waals surface area contributed by atoms with E-state index in [-0.39, 0.29) is 11.0 Å². The maximum absolute atomic E-state index is 10.9. The number of carboxylic acids is 1. The molecule has 0 radical (unpaired) electrons. The lowest BCUT2D eigenvalue weighted by Gasteiger charge is -2.57. The summed E-state index contributed by atoms with van der Waals surface area (Å²) >= 11 is 0. The minimum Gasteiger partial charge on any atom is -0.508 e. The molecule has 0 saturated heterocycles. The summed E-state index contributed by atoms with van der Waals surface area (Å²) in [4.78, 5) is 10.9. The van der Waals surface area contributed by atoms with Gasteiger partial charge in [0.15, 0.2) is 0 Å². The van der Waals surface area contributed by atoms with Crippen LogP contribution in [0.1, 0.15) is 65.6 Å². The molecule has 28 heavy (non-hydrogen) atoms. The van der Waals surface area contributed by atoms with Crippen LogP contribution in [0.15, 0.2) is 42.5 Å². The van der Waals surface area contributed by atoms with Gasteiger partial charge in [-0.1, -0.05) is 36.4 Å². The van der Waals surface area contributed by atoms with Crippen LogP contribution in [0.5, 0.6) is 5.75 Å². The van der Waals surface area contributed by atoms with E-state index in [4.69, 9.17) is 5.11 Å². The number of aromatic carboxylic acids is 1. The molecule has 2 aromatic rings. The van der Waals surface area contributed by atoms with E-state index in [2.05, 4.69) is 12.1 Å². The molecule has 3 nitrogen and oxygen atoms in total. The second-order valence-electron chi connectivity index (χ2n) is 9.23. The predicted molar refractivity (Wildman–Crippen MR) is 110 cm³/mol. The fraction of sp³-hybridized carbons (Fsp3) is 0.400. The predicted octanol–water partition coefficient (Wildman–Crippen LogP) is 5.73. The summed E-state index contributed by atoms with van der Waals surface area (Å²) < 4.78 is 0. The van der Waals surface area contributed by atoms with Gasteiger partial charge in [0.05, 0.1) is 5.56 Å². The number of carboxylic acid groups (broad SMARTS) is 1. The van der Waals surface area contributed by atoms with E-state index in [1.54, 1.807) is 24.3 Å². The fourth-order valence-electron chi connectivity index (χ4n) is 6.47. The summed E-state index contributed by atoms with van der Waals surface area (Å²) in [5.41, 5.74) is 3.56. The van der Waals surface area contributed by atoms with Crippen molar-refractivity contribution in [2.75, 3.05) is 0 Å². The molecule has 0 aliphatic heterocycles. The van der Waals surface area contributed by atoms with Crippen LogP contribution in [0.25, 0.3) is 12.2 Å². The first kappa shape index (κ1) is 17.5. The topological polar surface area (TPSA) is 57.5 Å². The molecule has 0 spiro atoms. The third-order valence-electron chi connectivity index (χ3n) is 7.26. The highest BCUT2D eigenvalue weighted by atomic mass is 16.4. The molecule has 0 atom stereocenters. The largest absolute Gasteiger partial charge is 0.508 e. The first-order chi connectivity index (χ1) is 13.5. The van der Waals surface area contributed by atoms with Crippen LogP contribution in [0, 0.1) is 17.8 Å².